The first kappa shape index (κ1) is 59.6. The van der Waals surface area contributed by atoms with Gasteiger partial charge in [0.05, 0.1) is 52.9 Å². The number of hydrogen-bond donors (Lipinski definition) is 6. The summed E-state index contributed by atoms with van der Waals surface area (Å²) in [5, 5.41) is 11.1. The molecule has 1 heterocycles. The normalized spacial score (nSPS) is 10.8. The summed E-state index contributed by atoms with van der Waals surface area (Å²) in [4.78, 5) is 56.3. The molecule has 0 spiro atoms. The first-order chi connectivity index (χ1) is 28.6. The monoisotopic (exact) mass is 847 g/mol. The average Bonchev–Trinajstić information content (AvgIpc) is 3.25. The van der Waals surface area contributed by atoms with Gasteiger partial charge in [0, 0.05) is 64.4 Å². The number of nitrogens with two attached hydrogens (primary N) is 2. The van der Waals surface area contributed by atoms with Crippen molar-refractivity contribution in [3.8, 4) is 0 Å². The van der Waals surface area contributed by atoms with Crippen molar-refractivity contribution in [2.45, 2.75) is 101 Å². The summed E-state index contributed by atoms with van der Waals surface area (Å²) < 4.78 is 32.9. The Hall–Kier alpha value is -3.68. The number of amides is 4. The van der Waals surface area contributed by atoms with Crippen LogP contribution in [0.5, 0.6) is 0 Å². The van der Waals surface area contributed by atoms with E-state index in [1.807, 2.05) is 69.2 Å². The van der Waals surface area contributed by atoms with Gasteiger partial charge in [0.25, 0.3) is 11.8 Å². The highest BCUT2D eigenvalue weighted by molar-refractivity contribution is 6.00. The second-order valence-electron chi connectivity index (χ2n) is 12.3. The number of carbonyl (C=O) groups is 4. The van der Waals surface area contributed by atoms with Gasteiger partial charge >= 0.3 is 0 Å². The fourth-order valence-electron chi connectivity index (χ4n) is 4.13. The minimum absolute atomic E-state index is 0.0226. The van der Waals surface area contributed by atoms with E-state index in [1.165, 1.54) is 0 Å². The van der Waals surface area contributed by atoms with E-state index >= 15 is 0 Å². The number of nitrogens with zero attached hydrogens (tertiary/aromatic N) is 2. The topological polar surface area (TPSA) is 250 Å². The van der Waals surface area contributed by atoms with E-state index in [9.17, 15) is 19.2 Å². The molecule has 346 valence electrons. The molecule has 1 aromatic rings. The van der Waals surface area contributed by atoms with Crippen molar-refractivity contribution >= 4 is 35.3 Å². The third-order valence-corrected chi connectivity index (χ3v) is 7.48. The van der Waals surface area contributed by atoms with Crippen LogP contribution in [-0.4, -0.2) is 139 Å². The molecule has 0 aliphatic heterocycles. The molecule has 18 nitrogen and oxygen atoms in total. The maximum absolute atomic E-state index is 12.6. The van der Waals surface area contributed by atoms with Gasteiger partial charge in [0.15, 0.2) is 23.0 Å². The molecule has 1 aromatic heterocycles. The smallest absolute Gasteiger partial charge is 0.273 e. The largest absolute Gasteiger partial charge is 0.382 e. The molecule has 1 atom stereocenters. The van der Waals surface area contributed by atoms with Crippen LogP contribution in [0, 0.1) is 11.8 Å². The number of rotatable bonds is 33. The quantitative estimate of drug-likeness (QED) is 0.0552. The molecule has 1 unspecified atom stereocenters. The van der Waals surface area contributed by atoms with Gasteiger partial charge in [-0.3, -0.25) is 19.2 Å². The van der Waals surface area contributed by atoms with Crippen LogP contribution in [0.1, 0.15) is 122 Å². The predicted molar refractivity (Wildman–Crippen MR) is 233 cm³/mol. The van der Waals surface area contributed by atoms with Crippen LogP contribution in [0.2, 0.25) is 0 Å². The van der Waals surface area contributed by atoms with Crippen LogP contribution in [0.15, 0.2) is 0 Å². The number of aromatic nitrogens is 2. The Morgan fingerprint density at radius 1 is 0.475 bits per heavy atom. The molecule has 0 radical (unpaired) electrons. The van der Waals surface area contributed by atoms with Crippen LogP contribution >= 0.6 is 0 Å². The Morgan fingerprint density at radius 2 is 0.746 bits per heavy atom. The van der Waals surface area contributed by atoms with Crippen LogP contribution in [0.25, 0.3) is 0 Å². The van der Waals surface area contributed by atoms with Crippen molar-refractivity contribution in [1.82, 2.24) is 31.2 Å². The van der Waals surface area contributed by atoms with E-state index < -0.39 is 11.8 Å². The molecule has 0 bridgehead atoms. The number of ether oxygens (including phenoxy) is 6. The number of anilines is 2. The molecule has 8 N–H and O–H groups in total. The summed E-state index contributed by atoms with van der Waals surface area (Å²) in [6.07, 6.45) is 3.39. The first-order valence-corrected chi connectivity index (χ1v) is 21.6. The third-order valence-electron chi connectivity index (χ3n) is 7.48. The van der Waals surface area contributed by atoms with Gasteiger partial charge < -0.3 is 61.2 Å². The summed E-state index contributed by atoms with van der Waals surface area (Å²) >= 11 is 0. The maximum atomic E-state index is 12.6. The van der Waals surface area contributed by atoms with Crippen molar-refractivity contribution in [2.75, 3.05) is 117 Å². The molecular weight excluding hydrogens is 764 g/mol. The standard InChI is InChI=1S/C35H64N8O10.3C2H6/c1-5-27(4)33(45)39-11-7-15-49-19-23-53-25-21-51-17-9-13-41-35(47)29-31(37)42-28(30(36)43-29)34(46)40-12-8-16-50-20-24-52-22-18-48-14-6-10-38-32(44)26(2)3;3*1-2/h26-27H,5-25H2,1-4H3,(H2,36,43)(H2,37,42)(H,38,44)(H,39,45)(H,40,46)(H,41,47);3*1-2H3. The third kappa shape index (κ3) is 33.8. The number of hydrogen-bond acceptors (Lipinski definition) is 14. The van der Waals surface area contributed by atoms with Gasteiger partial charge in [-0.2, -0.15) is 0 Å². The van der Waals surface area contributed by atoms with Crippen LogP contribution in [0.3, 0.4) is 0 Å². The Balaban J connectivity index is -0.00000498. The lowest BCUT2D eigenvalue weighted by atomic mass is 10.1. The van der Waals surface area contributed by atoms with Crippen LogP contribution < -0.4 is 32.7 Å². The first-order valence-electron chi connectivity index (χ1n) is 21.6. The summed E-state index contributed by atoms with van der Waals surface area (Å²) in [5.74, 6) is -1.43. The van der Waals surface area contributed by atoms with Crippen molar-refractivity contribution in [3.63, 3.8) is 0 Å². The van der Waals surface area contributed by atoms with E-state index in [1.54, 1.807) is 0 Å². The van der Waals surface area contributed by atoms with Gasteiger partial charge in [-0.25, -0.2) is 9.97 Å². The van der Waals surface area contributed by atoms with Gasteiger partial charge in [0.1, 0.15) is 0 Å². The van der Waals surface area contributed by atoms with Gasteiger partial charge in [-0.15, -0.1) is 0 Å². The van der Waals surface area contributed by atoms with Crippen LogP contribution in [-0.2, 0) is 38.0 Å². The molecule has 0 aliphatic rings. The van der Waals surface area contributed by atoms with Gasteiger partial charge in [-0.1, -0.05) is 69.2 Å². The molecular formula is C41H82N8O10. The summed E-state index contributed by atoms with van der Waals surface area (Å²) in [6, 6.07) is 0. The number of nitrogens with one attached hydrogen (secondary N) is 4. The highest BCUT2D eigenvalue weighted by Gasteiger charge is 2.20. The van der Waals surface area contributed by atoms with Crippen molar-refractivity contribution in [2.24, 2.45) is 11.8 Å². The van der Waals surface area contributed by atoms with Crippen molar-refractivity contribution in [1.29, 1.82) is 0 Å². The molecule has 0 saturated carbocycles. The summed E-state index contributed by atoms with van der Waals surface area (Å²) in [7, 11) is 0. The van der Waals surface area contributed by atoms with E-state index in [0.717, 1.165) is 19.3 Å². The summed E-state index contributed by atoms with van der Waals surface area (Å²) in [6.45, 7) is 26.7. The highest BCUT2D eigenvalue weighted by atomic mass is 16.5. The minimum Gasteiger partial charge on any atom is -0.382 e. The predicted octanol–water partition coefficient (Wildman–Crippen LogP) is 3.77. The molecule has 0 aromatic carbocycles. The second-order valence-corrected chi connectivity index (χ2v) is 12.3. The Morgan fingerprint density at radius 3 is 1.03 bits per heavy atom. The minimum atomic E-state index is -0.563. The van der Waals surface area contributed by atoms with Gasteiger partial charge in [-0.05, 0) is 32.1 Å². The highest BCUT2D eigenvalue weighted by Crippen LogP contribution is 2.13. The number of nitrogen functional groups attached to an aromatic ring is 2. The fourth-order valence-corrected chi connectivity index (χ4v) is 4.13. The van der Waals surface area contributed by atoms with E-state index in [4.69, 9.17) is 39.9 Å². The Bertz CT molecular complexity index is 1180. The molecule has 0 saturated heterocycles. The molecule has 1 rings (SSSR count). The lowest BCUT2D eigenvalue weighted by molar-refractivity contribution is -0.125. The van der Waals surface area contributed by atoms with E-state index in [-0.39, 0.29) is 46.7 Å². The van der Waals surface area contributed by atoms with Crippen LogP contribution in [0.4, 0.5) is 11.6 Å². The van der Waals surface area contributed by atoms with Crippen molar-refractivity contribution < 1.29 is 47.6 Å². The number of carbonyl (C=O) groups excluding carboxylic acids is 4. The zero-order valence-electron chi connectivity index (χ0n) is 38.1. The zero-order chi connectivity index (χ0) is 45.1. The van der Waals surface area contributed by atoms with E-state index in [0.29, 0.717) is 118 Å². The SMILES string of the molecule is CC.CC.CC.CCC(C)C(=O)NCCCOCCOCCOCCCNC(=O)c1nc(N)c(C(=O)NCCCOCCOCCOCCCNC(=O)C(C)C)nc1N. The molecule has 0 aliphatic carbocycles. The molecule has 18 heteroatoms. The lowest BCUT2D eigenvalue weighted by Crippen LogP contribution is -2.31. The Labute approximate surface area is 355 Å². The average molecular weight is 847 g/mol. The van der Waals surface area contributed by atoms with E-state index in [2.05, 4.69) is 31.2 Å². The molecule has 4 amide bonds. The van der Waals surface area contributed by atoms with Gasteiger partial charge in [0.2, 0.25) is 11.8 Å². The zero-order valence-corrected chi connectivity index (χ0v) is 38.1. The fraction of sp³-hybridized carbons (Fsp3) is 0.805. The maximum Gasteiger partial charge on any atom is 0.273 e. The lowest BCUT2D eigenvalue weighted by Gasteiger charge is -2.11. The molecule has 59 heavy (non-hydrogen) atoms. The molecule has 0 fully saturated rings. The Kier molecular flexibility index (Phi) is 44.4. The van der Waals surface area contributed by atoms with Crippen molar-refractivity contribution in [3.05, 3.63) is 11.4 Å². The second kappa shape index (κ2) is 43.9. The summed E-state index contributed by atoms with van der Waals surface area (Å²) in [5.41, 5.74) is 11.5.